The first kappa shape index (κ1) is 16.2. The molecule has 118 valence electrons. The van der Waals surface area contributed by atoms with Crippen LogP contribution in [0.4, 0.5) is 4.39 Å². The summed E-state index contributed by atoms with van der Waals surface area (Å²) in [6.45, 7) is 6.60. The average Bonchev–Trinajstić information content (AvgIpc) is 2.82. The first-order valence-corrected chi connectivity index (χ1v) is 7.23. The van der Waals surface area contributed by atoms with E-state index < -0.39 is 5.82 Å². The van der Waals surface area contributed by atoms with Gasteiger partial charge in [-0.3, -0.25) is 4.79 Å². The number of nitrogens with zero attached hydrogens (tertiary/aromatic N) is 2. The predicted octanol–water partition coefficient (Wildman–Crippen LogP) is 1.95. The molecule has 0 aliphatic rings. The lowest BCUT2D eigenvalue weighted by molar-refractivity contribution is 0.0948. The van der Waals surface area contributed by atoms with Crippen molar-refractivity contribution in [3.05, 3.63) is 47.0 Å². The van der Waals surface area contributed by atoms with E-state index in [9.17, 15) is 9.18 Å². The van der Waals surface area contributed by atoms with Gasteiger partial charge in [-0.2, -0.15) is 5.10 Å². The number of nitrogens with two attached hydrogens (primary N) is 1. The first-order chi connectivity index (χ1) is 10.4. The Labute approximate surface area is 129 Å². The molecular weight excluding hydrogens is 283 g/mol. The minimum atomic E-state index is -0.481. The number of hydrogen-bond donors (Lipinski definition) is 2. The van der Waals surface area contributed by atoms with Crippen molar-refractivity contribution in [1.82, 2.24) is 15.1 Å². The van der Waals surface area contributed by atoms with Crippen LogP contribution >= 0.6 is 0 Å². The van der Waals surface area contributed by atoms with Crippen molar-refractivity contribution in [3.63, 3.8) is 0 Å². The van der Waals surface area contributed by atoms with Gasteiger partial charge in [-0.05, 0) is 50.6 Å². The second-order valence-corrected chi connectivity index (χ2v) is 5.56. The Morgan fingerprint density at radius 3 is 2.68 bits per heavy atom. The number of aromatic nitrogens is 2. The smallest absolute Gasteiger partial charge is 0.251 e. The molecule has 0 radical (unpaired) electrons. The third-order valence-corrected chi connectivity index (χ3v) is 3.46. The van der Waals surface area contributed by atoms with E-state index in [1.165, 1.54) is 10.7 Å². The van der Waals surface area contributed by atoms with Crippen LogP contribution in [0.1, 0.15) is 28.7 Å². The van der Waals surface area contributed by atoms with E-state index in [1.54, 1.807) is 12.1 Å². The van der Waals surface area contributed by atoms with Gasteiger partial charge in [-0.15, -0.1) is 0 Å². The standard InChI is InChI=1S/C16H21FN4O/c1-10(8-18)9-19-16(22)13-4-5-15(14(17)7-13)21-12(3)6-11(2)20-21/h4-7,10H,8-9,18H2,1-3H3,(H,19,22). The molecule has 22 heavy (non-hydrogen) atoms. The van der Waals surface area contributed by atoms with Gasteiger partial charge in [0.25, 0.3) is 5.91 Å². The van der Waals surface area contributed by atoms with Gasteiger partial charge < -0.3 is 11.1 Å². The van der Waals surface area contributed by atoms with E-state index in [1.807, 2.05) is 26.8 Å². The number of amides is 1. The molecule has 1 aromatic carbocycles. The molecule has 5 nitrogen and oxygen atoms in total. The molecule has 1 atom stereocenters. The van der Waals surface area contributed by atoms with Crippen molar-refractivity contribution in [3.8, 4) is 5.69 Å². The second-order valence-electron chi connectivity index (χ2n) is 5.56. The number of carbonyl (C=O) groups is 1. The fourth-order valence-electron chi connectivity index (χ4n) is 2.15. The molecule has 0 bridgehead atoms. The van der Waals surface area contributed by atoms with E-state index in [-0.39, 0.29) is 17.4 Å². The largest absolute Gasteiger partial charge is 0.352 e. The zero-order valence-corrected chi connectivity index (χ0v) is 13.1. The molecule has 3 N–H and O–H groups in total. The third kappa shape index (κ3) is 3.51. The maximum Gasteiger partial charge on any atom is 0.251 e. The minimum absolute atomic E-state index is 0.183. The number of nitrogens with one attached hydrogen (secondary N) is 1. The van der Waals surface area contributed by atoms with Gasteiger partial charge in [0.2, 0.25) is 0 Å². The Hall–Kier alpha value is -2.21. The van der Waals surface area contributed by atoms with Crippen LogP contribution in [0.15, 0.2) is 24.3 Å². The molecule has 0 saturated heterocycles. The number of carbonyl (C=O) groups excluding carboxylic acids is 1. The molecule has 0 aliphatic carbocycles. The molecule has 0 saturated carbocycles. The van der Waals surface area contributed by atoms with Crippen molar-refractivity contribution >= 4 is 5.91 Å². The lowest BCUT2D eigenvalue weighted by Gasteiger charge is -2.11. The van der Waals surface area contributed by atoms with Crippen LogP contribution in [0.5, 0.6) is 0 Å². The van der Waals surface area contributed by atoms with Gasteiger partial charge in [0, 0.05) is 17.8 Å². The van der Waals surface area contributed by atoms with E-state index in [0.717, 1.165) is 11.4 Å². The number of benzene rings is 1. The zero-order valence-electron chi connectivity index (χ0n) is 13.1. The van der Waals surface area contributed by atoms with Gasteiger partial charge in [0.1, 0.15) is 11.5 Å². The maximum atomic E-state index is 14.3. The van der Waals surface area contributed by atoms with Crippen LogP contribution in [-0.2, 0) is 0 Å². The normalized spacial score (nSPS) is 12.2. The number of aryl methyl sites for hydroxylation is 2. The van der Waals surface area contributed by atoms with Crippen LogP contribution in [0.25, 0.3) is 5.69 Å². The lowest BCUT2D eigenvalue weighted by Crippen LogP contribution is -2.31. The first-order valence-electron chi connectivity index (χ1n) is 7.23. The highest BCUT2D eigenvalue weighted by Crippen LogP contribution is 2.17. The Morgan fingerprint density at radius 2 is 2.14 bits per heavy atom. The summed E-state index contributed by atoms with van der Waals surface area (Å²) in [6, 6.07) is 6.26. The van der Waals surface area contributed by atoms with Gasteiger partial charge in [0.15, 0.2) is 0 Å². The average molecular weight is 304 g/mol. The summed E-state index contributed by atoms with van der Waals surface area (Å²) in [5.74, 6) is -0.604. The fraction of sp³-hybridized carbons (Fsp3) is 0.375. The number of rotatable bonds is 5. The van der Waals surface area contributed by atoms with Gasteiger partial charge in [-0.25, -0.2) is 9.07 Å². The number of halogens is 1. The van der Waals surface area contributed by atoms with E-state index in [4.69, 9.17) is 5.73 Å². The molecule has 1 aromatic heterocycles. The highest BCUT2D eigenvalue weighted by molar-refractivity contribution is 5.94. The quantitative estimate of drug-likeness (QED) is 0.887. The van der Waals surface area contributed by atoms with Gasteiger partial charge in [-0.1, -0.05) is 6.92 Å². The zero-order chi connectivity index (χ0) is 16.3. The van der Waals surface area contributed by atoms with Crippen molar-refractivity contribution in [2.75, 3.05) is 13.1 Å². The highest BCUT2D eigenvalue weighted by atomic mass is 19.1. The Morgan fingerprint density at radius 1 is 1.41 bits per heavy atom. The van der Waals surface area contributed by atoms with Gasteiger partial charge in [0.05, 0.1) is 5.69 Å². The van der Waals surface area contributed by atoms with E-state index >= 15 is 0 Å². The summed E-state index contributed by atoms with van der Waals surface area (Å²) in [5, 5.41) is 6.99. The second kappa shape index (κ2) is 6.70. The molecule has 0 aliphatic heterocycles. The molecule has 1 heterocycles. The molecule has 1 unspecified atom stereocenters. The summed E-state index contributed by atoms with van der Waals surface area (Å²) < 4.78 is 15.8. The van der Waals surface area contributed by atoms with Crippen LogP contribution < -0.4 is 11.1 Å². The predicted molar refractivity (Wildman–Crippen MR) is 83.5 cm³/mol. The maximum absolute atomic E-state index is 14.3. The summed E-state index contributed by atoms with van der Waals surface area (Å²) >= 11 is 0. The lowest BCUT2D eigenvalue weighted by atomic mass is 10.1. The number of hydrogen-bond acceptors (Lipinski definition) is 3. The van der Waals surface area contributed by atoms with Crippen molar-refractivity contribution in [2.45, 2.75) is 20.8 Å². The summed E-state index contributed by atoms with van der Waals surface area (Å²) in [4.78, 5) is 12.0. The molecule has 0 spiro atoms. The molecule has 2 rings (SSSR count). The minimum Gasteiger partial charge on any atom is -0.352 e. The van der Waals surface area contributed by atoms with Crippen LogP contribution in [0, 0.1) is 25.6 Å². The third-order valence-electron chi connectivity index (χ3n) is 3.46. The Balaban J connectivity index is 2.19. The van der Waals surface area contributed by atoms with Crippen LogP contribution in [0.2, 0.25) is 0 Å². The SMILES string of the molecule is Cc1cc(C)n(-c2ccc(C(=O)NCC(C)CN)cc2F)n1. The fourth-order valence-corrected chi connectivity index (χ4v) is 2.15. The Bertz CT molecular complexity index is 681. The van der Waals surface area contributed by atoms with Crippen LogP contribution in [0.3, 0.4) is 0 Å². The van der Waals surface area contributed by atoms with Crippen molar-refractivity contribution in [1.29, 1.82) is 0 Å². The molecule has 0 fully saturated rings. The molecule has 1 amide bonds. The Kier molecular flexibility index (Phi) is 4.92. The van der Waals surface area contributed by atoms with Gasteiger partial charge >= 0.3 is 0 Å². The summed E-state index contributed by atoms with van der Waals surface area (Å²) in [7, 11) is 0. The highest BCUT2D eigenvalue weighted by Gasteiger charge is 2.13. The van der Waals surface area contributed by atoms with E-state index in [2.05, 4.69) is 10.4 Å². The molecular formula is C16H21FN4O. The van der Waals surface area contributed by atoms with Crippen molar-refractivity contribution in [2.24, 2.45) is 11.7 Å². The summed E-state index contributed by atoms with van der Waals surface area (Å²) in [6.07, 6.45) is 0. The van der Waals surface area contributed by atoms with Crippen LogP contribution in [-0.4, -0.2) is 28.8 Å². The monoisotopic (exact) mass is 304 g/mol. The molecule has 6 heteroatoms. The van der Waals surface area contributed by atoms with E-state index in [0.29, 0.717) is 18.8 Å². The topological polar surface area (TPSA) is 72.9 Å². The molecule has 2 aromatic rings. The van der Waals surface area contributed by atoms with Crippen molar-refractivity contribution < 1.29 is 9.18 Å². The summed E-state index contributed by atoms with van der Waals surface area (Å²) in [5.41, 5.74) is 7.77.